The Morgan fingerprint density at radius 2 is 1.53 bits per heavy atom. The fourth-order valence-electron chi connectivity index (χ4n) is 1.76. The molecule has 0 aliphatic rings. The third-order valence-electron chi connectivity index (χ3n) is 2.66. The second-order valence-corrected chi connectivity index (χ2v) is 5.42. The topological polar surface area (TPSA) is 29.0 Å². The van der Waals surface area contributed by atoms with Crippen LogP contribution in [0.4, 0.5) is 0 Å². The van der Waals surface area contributed by atoms with Crippen molar-refractivity contribution in [1.29, 1.82) is 0 Å². The molecule has 0 aliphatic carbocycles. The molecule has 0 amide bonds. The summed E-state index contributed by atoms with van der Waals surface area (Å²) in [6, 6.07) is 7.96. The number of halogens is 2. The van der Waals surface area contributed by atoms with Crippen LogP contribution in [0.25, 0.3) is 11.1 Å². The summed E-state index contributed by atoms with van der Waals surface area (Å²) < 4.78 is 0. The van der Waals surface area contributed by atoms with Gasteiger partial charge < -0.3 is 4.90 Å². The standard InChI is InChI=1S/C14H15Cl2N3/c1-9-4-6-10(7-5-9)12-13(15)17-11(8-19(2)3)18-14(12)16/h4-7H,8H2,1-3H3. The van der Waals surface area contributed by atoms with Gasteiger partial charge in [-0.3, -0.25) is 0 Å². The highest BCUT2D eigenvalue weighted by Gasteiger charge is 2.13. The molecule has 19 heavy (non-hydrogen) atoms. The van der Waals surface area contributed by atoms with Crippen molar-refractivity contribution in [1.82, 2.24) is 14.9 Å². The van der Waals surface area contributed by atoms with E-state index < -0.39 is 0 Å². The summed E-state index contributed by atoms with van der Waals surface area (Å²) in [4.78, 5) is 10.6. The van der Waals surface area contributed by atoms with Gasteiger partial charge in [0.25, 0.3) is 0 Å². The number of nitrogens with zero attached hydrogens (tertiary/aromatic N) is 3. The first-order valence-corrected chi connectivity index (χ1v) is 6.66. The Bertz CT molecular complexity index is 557. The van der Waals surface area contributed by atoms with Crippen LogP contribution in [0, 0.1) is 6.92 Å². The molecule has 1 heterocycles. The van der Waals surface area contributed by atoms with Gasteiger partial charge in [-0.1, -0.05) is 53.0 Å². The highest BCUT2D eigenvalue weighted by atomic mass is 35.5. The average molecular weight is 296 g/mol. The van der Waals surface area contributed by atoms with Crippen LogP contribution in [-0.4, -0.2) is 29.0 Å². The fourth-order valence-corrected chi connectivity index (χ4v) is 2.40. The largest absolute Gasteiger partial charge is 0.302 e. The molecule has 0 bridgehead atoms. The van der Waals surface area contributed by atoms with E-state index in [2.05, 4.69) is 9.97 Å². The Kier molecular flexibility index (Phi) is 4.40. The molecule has 2 rings (SSSR count). The minimum absolute atomic E-state index is 0.390. The summed E-state index contributed by atoms with van der Waals surface area (Å²) in [5, 5.41) is 0.779. The van der Waals surface area contributed by atoms with E-state index in [1.54, 1.807) is 0 Å². The van der Waals surface area contributed by atoms with E-state index in [0.717, 1.165) is 5.56 Å². The van der Waals surface area contributed by atoms with Crippen molar-refractivity contribution in [3.8, 4) is 11.1 Å². The number of hydrogen-bond donors (Lipinski definition) is 0. The minimum atomic E-state index is 0.390. The van der Waals surface area contributed by atoms with Gasteiger partial charge in [-0.05, 0) is 26.6 Å². The number of aromatic nitrogens is 2. The zero-order valence-electron chi connectivity index (χ0n) is 11.1. The van der Waals surface area contributed by atoms with Crippen molar-refractivity contribution in [2.75, 3.05) is 14.1 Å². The lowest BCUT2D eigenvalue weighted by Crippen LogP contribution is -2.13. The van der Waals surface area contributed by atoms with E-state index >= 15 is 0 Å². The molecule has 3 nitrogen and oxygen atoms in total. The summed E-state index contributed by atoms with van der Waals surface area (Å²) in [5.74, 6) is 0.621. The predicted molar refractivity (Wildman–Crippen MR) is 79.6 cm³/mol. The van der Waals surface area contributed by atoms with Crippen LogP contribution < -0.4 is 0 Å². The van der Waals surface area contributed by atoms with Crippen molar-refractivity contribution >= 4 is 23.2 Å². The molecule has 5 heteroatoms. The van der Waals surface area contributed by atoms with Crippen LogP contribution in [0.1, 0.15) is 11.4 Å². The quantitative estimate of drug-likeness (QED) is 0.806. The molecule has 0 spiro atoms. The van der Waals surface area contributed by atoms with Gasteiger partial charge in [-0.15, -0.1) is 0 Å². The van der Waals surface area contributed by atoms with Crippen molar-refractivity contribution in [2.45, 2.75) is 13.5 Å². The van der Waals surface area contributed by atoms with Crippen LogP contribution in [0.5, 0.6) is 0 Å². The molecule has 0 unspecified atom stereocenters. The zero-order chi connectivity index (χ0) is 14.0. The maximum Gasteiger partial charge on any atom is 0.145 e. The van der Waals surface area contributed by atoms with E-state index in [9.17, 15) is 0 Å². The summed E-state index contributed by atoms with van der Waals surface area (Å²) in [7, 11) is 3.89. The van der Waals surface area contributed by atoms with Gasteiger partial charge in [0.1, 0.15) is 16.1 Å². The van der Waals surface area contributed by atoms with Crippen LogP contribution in [0.3, 0.4) is 0 Å². The molecular weight excluding hydrogens is 281 g/mol. The molecule has 0 atom stereocenters. The Morgan fingerprint density at radius 3 is 2.00 bits per heavy atom. The molecule has 0 fully saturated rings. The first-order valence-electron chi connectivity index (χ1n) is 5.91. The third-order valence-corrected chi connectivity index (χ3v) is 3.21. The molecule has 1 aromatic heterocycles. The van der Waals surface area contributed by atoms with Gasteiger partial charge >= 0.3 is 0 Å². The smallest absolute Gasteiger partial charge is 0.145 e. The molecule has 0 saturated heterocycles. The van der Waals surface area contributed by atoms with E-state index in [4.69, 9.17) is 23.2 Å². The predicted octanol–water partition coefficient (Wildman–Crippen LogP) is 3.82. The zero-order valence-corrected chi connectivity index (χ0v) is 12.6. The minimum Gasteiger partial charge on any atom is -0.302 e. The lowest BCUT2D eigenvalue weighted by Gasteiger charge is -2.11. The molecule has 2 aromatic rings. The van der Waals surface area contributed by atoms with Crippen molar-refractivity contribution in [3.05, 3.63) is 46.0 Å². The van der Waals surface area contributed by atoms with E-state index in [0.29, 0.717) is 28.2 Å². The summed E-state index contributed by atoms with van der Waals surface area (Å²) in [6.45, 7) is 2.64. The Hall–Kier alpha value is -1.16. The highest BCUT2D eigenvalue weighted by Crippen LogP contribution is 2.32. The van der Waals surface area contributed by atoms with Gasteiger partial charge in [0, 0.05) is 0 Å². The maximum atomic E-state index is 6.24. The number of aryl methyl sites for hydroxylation is 1. The number of rotatable bonds is 3. The van der Waals surface area contributed by atoms with Crippen LogP contribution in [0.2, 0.25) is 10.3 Å². The third kappa shape index (κ3) is 3.44. The summed E-state index contributed by atoms with van der Waals surface area (Å²) in [6.07, 6.45) is 0. The molecule has 0 aliphatic heterocycles. The normalized spacial score (nSPS) is 11.1. The van der Waals surface area contributed by atoms with Crippen LogP contribution in [-0.2, 0) is 6.54 Å². The van der Waals surface area contributed by atoms with E-state index in [1.165, 1.54) is 5.56 Å². The first-order chi connectivity index (χ1) is 8.97. The van der Waals surface area contributed by atoms with E-state index in [1.807, 2.05) is 50.2 Å². The average Bonchev–Trinajstić information content (AvgIpc) is 2.29. The molecule has 0 radical (unpaired) electrons. The van der Waals surface area contributed by atoms with Gasteiger partial charge in [0.2, 0.25) is 0 Å². The lowest BCUT2D eigenvalue weighted by molar-refractivity contribution is 0.390. The number of hydrogen-bond acceptors (Lipinski definition) is 3. The van der Waals surface area contributed by atoms with Crippen molar-refractivity contribution in [2.24, 2.45) is 0 Å². The Labute approximate surface area is 123 Å². The molecule has 0 N–H and O–H groups in total. The first kappa shape index (κ1) is 14.3. The molecule has 100 valence electrons. The van der Waals surface area contributed by atoms with Gasteiger partial charge in [-0.25, -0.2) is 9.97 Å². The van der Waals surface area contributed by atoms with Gasteiger partial charge in [0.05, 0.1) is 12.1 Å². The molecular formula is C14H15Cl2N3. The number of benzene rings is 1. The van der Waals surface area contributed by atoms with Crippen molar-refractivity contribution < 1.29 is 0 Å². The van der Waals surface area contributed by atoms with Crippen LogP contribution >= 0.6 is 23.2 Å². The SMILES string of the molecule is Cc1ccc(-c2c(Cl)nc(CN(C)C)nc2Cl)cc1. The fraction of sp³-hybridized carbons (Fsp3) is 0.286. The Morgan fingerprint density at radius 1 is 1.00 bits per heavy atom. The maximum absolute atomic E-state index is 6.24. The van der Waals surface area contributed by atoms with E-state index in [-0.39, 0.29) is 0 Å². The second-order valence-electron chi connectivity index (χ2n) is 4.70. The van der Waals surface area contributed by atoms with Gasteiger partial charge in [0.15, 0.2) is 0 Å². The van der Waals surface area contributed by atoms with Gasteiger partial charge in [-0.2, -0.15) is 0 Å². The molecule has 0 saturated carbocycles. The second kappa shape index (κ2) is 5.87. The lowest BCUT2D eigenvalue weighted by atomic mass is 10.1. The van der Waals surface area contributed by atoms with Crippen molar-refractivity contribution in [3.63, 3.8) is 0 Å². The highest BCUT2D eigenvalue weighted by molar-refractivity contribution is 6.37. The monoisotopic (exact) mass is 295 g/mol. The van der Waals surface area contributed by atoms with Crippen LogP contribution in [0.15, 0.2) is 24.3 Å². The summed E-state index contributed by atoms with van der Waals surface area (Å²) in [5.41, 5.74) is 2.80. The Balaban J connectivity index is 2.44. The summed E-state index contributed by atoms with van der Waals surface area (Å²) >= 11 is 12.5. The molecule has 1 aromatic carbocycles.